The number of carbonyl (C=O) groups is 1. The number of benzene rings is 2. The third kappa shape index (κ3) is 4.11. The second kappa shape index (κ2) is 7.98. The predicted molar refractivity (Wildman–Crippen MR) is 99.6 cm³/mol. The monoisotopic (exact) mass is 356 g/mol. The minimum atomic E-state index is -0.552. The summed E-state index contributed by atoms with van der Waals surface area (Å²) in [7, 11) is 0. The Hall–Kier alpha value is -2.24. The lowest BCUT2D eigenvalue weighted by atomic mass is 10.0. The van der Waals surface area contributed by atoms with Crippen LogP contribution in [0.15, 0.2) is 42.5 Å². The summed E-state index contributed by atoms with van der Waals surface area (Å²) in [5.74, 6) is -0.747. The van der Waals surface area contributed by atoms with Crippen LogP contribution in [0.25, 0.3) is 0 Å². The molecule has 138 valence electrons. The van der Waals surface area contributed by atoms with Crippen LogP contribution in [0.5, 0.6) is 0 Å². The van der Waals surface area contributed by atoms with E-state index in [1.54, 1.807) is 17.0 Å². The molecule has 4 nitrogen and oxygen atoms in total. The number of rotatable bonds is 4. The van der Waals surface area contributed by atoms with Crippen molar-refractivity contribution < 1.29 is 14.3 Å². The van der Waals surface area contributed by atoms with Gasteiger partial charge in [-0.15, -0.1) is 0 Å². The Morgan fingerprint density at radius 2 is 1.81 bits per heavy atom. The molecule has 0 spiro atoms. The van der Waals surface area contributed by atoms with Crippen molar-refractivity contribution in [3.05, 3.63) is 70.5 Å². The predicted octanol–water partition coefficient (Wildman–Crippen LogP) is 2.93. The second-order valence-corrected chi connectivity index (χ2v) is 6.95. The van der Waals surface area contributed by atoms with Gasteiger partial charge < -0.3 is 10.0 Å². The van der Waals surface area contributed by atoms with E-state index in [2.05, 4.69) is 4.90 Å². The van der Waals surface area contributed by atoms with Crippen LogP contribution in [0.4, 0.5) is 4.39 Å². The van der Waals surface area contributed by atoms with Crippen molar-refractivity contribution in [3.8, 4) is 0 Å². The van der Waals surface area contributed by atoms with Gasteiger partial charge in [-0.25, -0.2) is 4.39 Å². The average Bonchev–Trinajstić information content (AvgIpc) is 2.64. The quantitative estimate of drug-likeness (QED) is 0.916. The lowest BCUT2D eigenvalue weighted by Crippen LogP contribution is -2.49. The maximum absolute atomic E-state index is 13.8. The fourth-order valence-electron chi connectivity index (χ4n) is 3.40. The van der Waals surface area contributed by atoms with E-state index in [1.807, 2.05) is 32.0 Å². The average molecular weight is 356 g/mol. The van der Waals surface area contributed by atoms with Crippen molar-refractivity contribution >= 4 is 5.91 Å². The SMILES string of the molecule is Cc1ccc(C)c(C(O)CN2CCN(C(=O)c3ccccc3F)CC2)c1. The molecule has 0 saturated carbocycles. The molecule has 0 aliphatic carbocycles. The molecular weight excluding hydrogens is 331 g/mol. The summed E-state index contributed by atoms with van der Waals surface area (Å²) < 4.78 is 13.8. The molecule has 2 aromatic rings. The largest absolute Gasteiger partial charge is 0.387 e. The summed E-state index contributed by atoms with van der Waals surface area (Å²) in [5, 5.41) is 10.6. The Morgan fingerprint density at radius 1 is 1.12 bits per heavy atom. The highest BCUT2D eigenvalue weighted by Gasteiger charge is 2.25. The van der Waals surface area contributed by atoms with Gasteiger partial charge >= 0.3 is 0 Å². The first-order chi connectivity index (χ1) is 12.5. The van der Waals surface area contributed by atoms with Gasteiger partial charge in [0.05, 0.1) is 11.7 Å². The molecule has 1 N–H and O–H groups in total. The summed E-state index contributed by atoms with van der Waals surface area (Å²) in [6, 6.07) is 12.2. The molecule has 0 radical (unpaired) electrons. The van der Waals surface area contributed by atoms with Crippen LogP contribution in [0.1, 0.15) is 33.2 Å². The van der Waals surface area contributed by atoms with E-state index >= 15 is 0 Å². The Labute approximate surface area is 153 Å². The fourth-order valence-corrected chi connectivity index (χ4v) is 3.40. The van der Waals surface area contributed by atoms with E-state index in [0.29, 0.717) is 32.7 Å². The maximum atomic E-state index is 13.8. The third-order valence-electron chi connectivity index (χ3n) is 4.99. The zero-order chi connectivity index (χ0) is 18.7. The van der Waals surface area contributed by atoms with Crippen LogP contribution in [-0.2, 0) is 0 Å². The van der Waals surface area contributed by atoms with Gasteiger partial charge in [-0.1, -0.05) is 35.9 Å². The molecule has 1 heterocycles. The molecule has 0 bridgehead atoms. The molecule has 26 heavy (non-hydrogen) atoms. The Bertz CT molecular complexity index is 785. The molecule has 1 atom stereocenters. The third-order valence-corrected chi connectivity index (χ3v) is 4.99. The smallest absolute Gasteiger partial charge is 0.256 e. The van der Waals surface area contributed by atoms with E-state index in [9.17, 15) is 14.3 Å². The van der Waals surface area contributed by atoms with Crippen molar-refractivity contribution in [1.29, 1.82) is 0 Å². The van der Waals surface area contributed by atoms with Crippen LogP contribution in [0.2, 0.25) is 0 Å². The first kappa shape index (κ1) is 18.5. The summed E-state index contributed by atoms with van der Waals surface area (Å²) in [6.07, 6.45) is -0.552. The number of piperazine rings is 1. The molecule has 1 saturated heterocycles. The number of β-amino-alcohol motifs (C(OH)–C–C–N with tert-alkyl or cyclic N) is 1. The normalized spacial score (nSPS) is 16.5. The van der Waals surface area contributed by atoms with E-state index < -0.39 is 11.9 Å². The molecule has 1 unspecified atom stereocenters. The zero-order valence-electron chi connectivity index (χ0n) is 15.3. The van der Waals surface area contributed by atoms with E-state index in [4.69, 9.17) is 0 Å². The maximum Gasteiger partial charge on any atom is 0.256 e. The molecule has 2 aromatic carbocycles. The summed E-state index contributed by atoms with van der Waals surface area (Å²) in [6.45, 7) is 6.96. The topological polar surface area (TPSA) is 43.8 Å². The van der Waals surface area contributed by atoms with Gasteiger partial charge in [0, 0.05) is 32.7 Å². The van der Waals surface area contributed by atoms with Gasteiger partial charge in [0.2, 0.25) is 0 Å². The van der Waals surface area contributed by atoms with Gasteiger partial charge in [0.25, 0.3) is 5.91 Å². The molecular formula is C21H25FN2O2. The summed E-state index contributed by atoms with van der Waals surface area (Å²) in [4.78, 5) is 16.3. The zero-order valence-corrected chi connectivity index (χ0v) is 15.3. The number of aryl methyl sites for hydroxylation is 2. The summed E-state index contributed by atoms with van der Waals surface area (Å²) in [5.41, 5.74) is 3.28. The van der Waals surface area contributed by atoms with Crippen LogP contribution < -0.4 is 0 Å². The molecule has 0 aromatic heterocycles. The molecule has 5 heteroatoms. The van der Waals surface area contributed by atoms with Crippen LogP contribution in [0.3, 0.4) is 0 Å². The number of aliphatic hydroxyl groups excluding tert-OH is 1. The van der Waals surface area contributed by atoms with E-state index in [0.717, 1.165) is 16.7 Å². The lowest BCUT2D eigenvalue weighted by molar-refractivity contribution is 0.0523. The van der Waals surface area contributed by atoms with Gasteiger partial charge in [-0.3, -0.25) is 9.69 Å². The van der Waals surface area contributed by atoms with Gasteiger partial charge in [-0.2, -0.15) is 0 Å². The fraction of sp³-hybridized carbons (Fsp3) is 0.381. The molecule has 1 amide bonds. The molecule has 1 aliphatic rings. The van der Waals surface area contributed by atoms with Crippen molar-refractivity contribution in [2.75, 3.05) is 32.7 Å². The highest BCUT2D eigenvalue weighted by molar-refractivity contribution is 5.94. The van der Waals surface area contributed by atoms with Crippen LogP contribution >= 0.6 is 0 Å². The van der Waals surface area contributed by atoms with Gasteiger partial charge in [0.15, 0.2) is 0 Å². The highest BCUT2D eigenvalue weighted by Crippen LogP contribution is 2.21. The Kier molecular flexibility index (Phi) is 5.69. The Morgan fingerprint density at radius 3 is 2.50 bits per heavy atom. The number of carbonyl (C=O) groups excluding carboxylic acids is 1. The first-order valence-electron chi connectivity index (χ1n) is 8.97. The van der Waals surface area contributed by atoms with Gasteiger partial charge in [0.1, 0.15) is 5.82 Å². The Balaban J connectivity index is 1.58. The van der Waals surface area contributed by atoms with Crippen molar-refractivity contribution in [3.63, 3.8) is 0 Å². The second-order valence-electron chi connectivity index (χ2n) is 6.95. The van der Waals surface area contributed by atoms with E-state index in [-0.39, 0.29) is 11.5 Å². The minimum Gasteiger partial charge on any atom is -0.387 e. The minimum absolute atomic E-state index is 0.122. The number of hydrogen-bond acceptors (Lipinski definition) is 3. The number of nitrogens with zero attached hydrogens (tertiary/aromatic N) is 2. The number of hydrogen-bond donors (Lipinski definition) is 1. The number of aliphatic hydroxyl groups is 1. The van der Waals surface area contributed by atoms with Gasteiger partial charge in [-0.05, 0) is 37.1 Å². The molecule has 1 aliphatic heterocycles. The van der Waals surface area contributed by atoms with Crippen LogP contribution in [-0.4, -0.2) is 53.5 Å². The molecule has 1 fully saturated rings. The molecule has 3 rings (SSSR count). The standard InChI is InChI=1S/C21H25FN2O2/c1-15-7-8-16(2)18(13-15)20(25)14-23-9-11-24(12-10-23)21(26)17-5-3-4-6-19(17)22/h3-8,13,20,25H,9-12,14H2,1-2H3. The first-order valence-corrected chi connectivity index (χ1v) is 8.97. The van der Waals surface area contributed by atoms with Crippen molar-refractivity contribution in [2.45, 2.75) is 20.0 Å². The lowest BCUT2D eigenvalue weighted by Gasteiger charge is -2.36. The van der Waals surface area contributed by atoms with Crippen molar-refractivity contribution in [1.82, 2.24) is 9.80 Å². The van der Waals surface area contributed by atoms with Crippen LogP contribution in [0, 0.1) is 19.7 Å². The highest BCUT2D eigenvalue weighted by atomic mass is 19.1. The number of amides is 1. The van der Waals surface area contributed by atoms with E-state index in [1.165, 1.54) is 12.1 Å². The number of halogens is 1. The van der Waals surface area contributed by atoms with Crippen molar-refractivity contribution in [2.24, 2.45) is 0 Å². The summed E-state index contributed by atoms with van der Waals surface area (Å²) >= 11 is 0.